The minimum absolute atomic E-state index is 0.194. The summed E-state index contributed by atoms with van der Waals surface area (Å²) < 4.78 is 9.77. The number of likely N-dealkylation sites (tertiary alicyclic amines) is 2. The van der Waals surface area contributed by atoms with Gasteiger partial charge in [0.15, 0.2) is 0 Å². The van der Waals surface area contributed by atoms with Gasteiger partial charge in [0.25, 0.3) is 11.8 Å². The molecule has 10 rings (SSSR count). The van der Waals surface area contributed by atoms with Crippen LogP contribution in [0.4, 0.5) is 9.59 Å². The van der Waals surface area contributed by atoms with E-state index in [1.54, 1.807) is 0 Å². The number of aromatic amines is 2. The molecule has 14 nitrogen and oxygen atoms in total. The summed E-state index contributed by atoms with van der Waals surface area (Å²) in [4.78, 5) is 73.5. The van der Waals surface area contributed by atoms with E-state index in [0.717, 1.165) is 72.4 Å². The number of H-pyrrole nitrogens is 2. The second-order valence-corrected chi connectivity index (χ2v) is 18.5. The van der Waals surface area contributed by atoms with Gasteiger partial charge in [0.2, 0.25) is 0 Å². The first kappa shape index (κ1) is 43.7. The van der Waals surface area contributed by atoms with Crippen LogP contribution in [-0.2, 0) is 31.9 Å². The third kappa shape index (κ3) is 8.56. The molecule has 1 spiro atoms. The fourth-order valence-corrected chi connectivity index (χ4v) is 11.2. The third-order valence-electron chi connectivity index (χ3n) is 14.5. The summed E-state index contributed by atoms with van der Waals surface area (Å²) in [7, 11) is 2.59. The summed E-state index contributed by atoms with van der Waals surface area (Å²) in [6, 6.07) is 29.4. The molecule has 4 atom stereocenters. The van der Waals surface area contributed by atoms with Crippen molar-refractivity contribution in [2.75, 3.05) is 27.3 Å². The monoisotopic (exact) mass is 900 g/mol. The Balaban J connectivity index is 0.891. The van der Waals surface area contributed by atoms with Crippen LogP contribution >= 0.6 is 0 Å². The average molecular weight is 901 g/mol. The molecule has 4 N–H and O–H groups in total. The van der Waals surface area contributed by atoms with E-state index in [1.807, 2.05) is 82.9 Å². The number of imidazole rings is 2. The van der Waals surface area contributed by atoms with Gasteiger partial charge in [-0.3, -0.25) is 9.59 Å². The summed E-state index contributed by atoms with van der Waals surface area (Å²) in [6.45, 7) is 1.12. The lowest BCUT2D eigenvalue weighted by Gasteiger charge is -2.28. The minimum Gasteiger partial charge on any atom is -0.453 e. The van der Waals surface area contributed by atoms with Crippen molar-refractivity contribution in [3.05, 3.63) is 143 Å². The predicted molar refractivity (Wildman–Crippen MR) is 252 cm³/mol. The van der Waals surface area contributed by atoms with Crippen LogP contribution < -0.4 is 10.6 Å². The molecule has 344 valence electrons. The topological polar surface area (TPSA) is 175 Å². The number of hydrogen-bond donors (Lipinski definition) is 4. The van der Waals surface area contributed by atoms with E-state index in [0.29, 0.717) is 30.0 Å². The normalized spacial score (nSPS) is 19.3. The van der Waals surface area contributed by atoms with E-state index in [4.69, 9.17) is 19.4 Å². The molecule has 2 aromatic heterocycles. The number of carbonyl (C=O) groups is 4. The zero-order chi connectivity index (χ0) is 46.1. The molecule has 3 fully saturated rings. The van der Waals surface area contributed by atoms with E-state index in [1.165, 1.54) is 56.6 Å². The maximum atomic E-state index is 14.2. The highest BCUT2D eigenvalue weighted by Crippen LogP contribution is 2.53. The van der Waals surface area contributed by atoms with Crippen molar-refractivity contribution in [1.82, 2.24) is 40.4 Å². The Labute approximate surface area is 389 Å². The van der Waals surface area contributed by atoms with Gasteiger partial charge in [0.05, 0.1) is 50.1 Å². The zero-order valence-corrected chi connectivity index (χ0v) is 37.9. The molecule has 4 amide bonds. The van der Waals surface area contributed by atoms with Crippen molar-refractivity contribution in [2.24, 2.45) is 5.41 Å². The highest BCUT2D eigenvalue weighted by molar-refractivity contribution is 5.88. The van der Waals surface area contributed by atoms with Crippen LogP contribution in [-0.4, -0.2) is 81.0 Å². The largest absolute Gasteiger partial charge is 0.453 e. The van der Waals surface area contributed by atoms with E-state index in [2.05, 4.69) is 57.0 Å². The number of ether oxygens (including phenoxy) is 2. The number of fused-ring (bicyclic) bond motifs is 1. The minimum atomic E-state index is -0.884. The fourth-order valence-electron chi connectivity index (χ4n) is 11.2. The Morgan fingerprint density at radius 2 is 1.06 bits per heavy atom. The van der Waals surface area contributed by atoms with Crippen LogP contribution in [0.25, 0.3) is 33.6 Å². The number of alkyl carbamates (subject to hydrolysis) is 2. The van der Waals surface area contributed by atoms with Gasteiger partial charge in [0, 0.05) is 18.7 Å². The number of benzene rings is 4. The molecule has 1 unspecified atom stereocenters. The molecule has 14 heteroatoms. The van der Waals surface area contributed by atoms with Crippen molar-refractivity contribution in [3.8, 4) is 33.6 Å². The van der Waals surface area contributed by atoms with Crippen LogP contribution in [0.2, 0.25) is 0 Å². The van der Waals surface area contributed by atoms with E-state index in [9.17, 15) is 19.2 Å². The molecule has 2 aliphatic carbocycles. The summed E-state index contributed by atoms with van der Waals surface area (Å²) in [5.74, 6) is 1.06. The highest BCUT2D eigenvalue weighted by atomic mass is 16.5. The van der Waals surface area contributed by atoms with Crippen LogP contribution in [0.3, 0.4) is 0 Å². The fraction of sp³-hybridized carbons (Fsp3) is 0.358. The van der Waals surface area contributed by atoms with Crippen LogP contribution in [0.5, 0.6) is 0 Å². The lowest BCUT2D eigenvalue weighted by atomic mass is 9.82. The van der Waals surface area contributed by atoms with Crippen LogP contribution in [0, 0.1) is 5.41 Å². The first-order valence-electron chi connectivity index (χ1n) is 23.5. The lowest BCUT2D eigenvalue weighted by molar-refractivity contribution is -0.135. The smallest absolute Gasteiger partial charge is 0.407 e. The van der Waals surface area contributed by atoms with E-state index < -0.39 is 24.3 Å². The summed E-state index contributed by atoms with van der Waals surface area (Å²) in [6.07, 6.45) is 12.6. The quantitative estimate of drug-likeness (QED) is 0.0996. The second-order valence-electron chi connectivity index (χ2n) is 18.5. The molecule has 2 saturated heterocycles. The molecule has 0 radical (unpaired) electrons. The first-order chi connectivity index (χ1) is 32.7. The summed E-state index contributed by atoms with van der Waals surface area (Å²) in [5.41, 5.74) is 10.7. The number of methoxy groups -OCH3 is 2. The summed E-state index contributed by atoms with van der Waals surface area (Å²) >= 11 is 0. The Bertz CT molecular complexity index is 2760. The van der Waals surface area contributed by atoms with Gasteiger partial charge in [-0.1, -0.05) is 110 Å². The predicted octanol–water partition coefficient (Wildman–Crippen LogP) is 9.31. The molecule has 4 aromatic carbocycles. The number of rotatable bonds is 11. The number of amides is 4. The van der Waals surface area contributed by atoms with Gasteiger partial charge in [0.1, 0.15) is 23.7 Å². The number of hydrogen-bond acceptors (Lipinski definition) is 8. The zero-order valence-electron chi connectivity index (χ0n) is 37.9. The van der Waals surface area contributed by atoms with Gasteiger partial charge >= 0.3 is 12.2 Å². The molecule has 0 bridgehead atoms. The molecule has 4 heterocycles. The molecule has 6 aromatic rings. The molecule has 4 aliphatic rings. The number of aromatic nitrogens is 4. The highest BCUT2D eigenvalue weighted by Gasteiger charge is 2.43. The van der Waals surface area contributed by atoms with Crippen molar-refractivity contribution >= 4 is 24.0 Å². The molecule has 2 aliphatic heterocycles. The maximum Gasteiger partial charge on any atom is 0.407 e. The van der Waals surface area contributed by atoms with Crippen molar-refractivity contribution in [3.63, 3.8) is 0 Å². The standard InChI is InChI=1S/C53H56N8O6/c1-66-51(64)58-45(35-13-5-3-6-14-35)49(62)60-27-11-17-43(60)47-54-31-41(56-47)34-21-19-33(20-22-34)37-23-24-38(40-30-53(29-39(37)40)25-9-10-26-53)42-32-55-48(57-42)44-18-12-28-61(44)50(63)46(59-52(65)67-2)36-15-7-4-8-16-36/h3-8,13-16,19-24,31-32,43-46H,9-12,17-18,25-30H2,1-2H3,(H,54,56)(H,55,57)(H,58,64)(H,59,65)/t43-,44?,45-,46-/m0/s1. The summed E-state index contributed by atoms with van der Waals surface area (Å²) in [5, 5.41) is 5.50. The SMILES string of the molecule is COC(=O)N[C@H](C(=O)N1CCCC1c1ncc(-c2ccc(-c3ccc(-c4cnc([C@@H]5CCCN5C(=O)[C@@H](NC(=O)OC)c5ccccc5)[nH]4)cc3)c3c2CC2(CCCC2)C3)[nH]1)c1ccccc1. The van der Waals surface area contributed by atoms with Gasteiger partial charge in [-0.05, 0) is 95.7 Å². The second kappa shape index (κ2) is 18.6. The van der Waals surface area contributed by atoms with Crippen molar-refractivity contribution in [2.45, 2.75) is 88.4 Å². The Morgan fingerprint density at radius 1 is 0.597 bits per heavy atom. The van der Waals surface area contributed by atoms with Crippen molar-refractivity contribution < 1.29 is 28.7 Å². The van der Waals surface area contributed by atoms with E-state index in [-0.39, 0.29) is 29.3 Å². The van der Waals surface area contributed by atoms with Gasteiger partial charge in [-0.2, -0.15) is 0 Å². The van der Waals surface area contributed by atoms with Gasteiger partial charge in [-0.15, -0.1) is 0 Å². The maximum absolute atomic E-state index is 14.2. The van der Waals surface area contributed by atoms with Crippen molar-refractivity contribution in [1.29, 1.82) is 0 Å². The number of nitrogens with zero attached hydrogens (tertiary/aromatic N) is 4. The van der Waals surface area contributed by atoms with Crippen LogP contribution in [0.1, 0.15) is 109 Å². The number of carbonyl (C=O) groups excluding carboxylic acids is 4. The average Bonchev–Trinajstić information content (AvgIpc) is 4.24. The Kier molecular flexibility index (Phi) is 12.1. The van der Waals surface area contributed by atoms with E-state index >= 15 is 0 Å². The molecular weight excluding hydrogens is 845 g/mol. The molecule has 67 heavy (non-hydrogen) atoms. The first-order valence-corrected chi connectivity index (χ1v) is 23.5. The lowest BCUT2D eigenvalue weighted by Crippen LogP contribution is -2.42. The Hall–Kier alpha value is -7.22. The molecule has 1 saturated carbocycles. The van der Waals surface area contributed by atoms with Gasteiger partial charge in [-0.25, -0.2) is 19.6 Å². The molecular formula is C53H56N8O6. The number of nitrogens with one attached hydrogen (secondary N) is 4. The van der Waals surface area contributed by atoms with Gasteiger partial charge < -0.3 is 39.9 Å². The third-order valence-corrected chi connectivity index (χ3v) is 14.5. The van der Waals surface area contributed by atoms with Crippen LogP contribution in [0.15, 0.2) is 109 Å². The Morgan fingerprint density at radius 3 is 1.58 bits per heavy atom.